The summed E-state index contributed by atoms with van der Waals surface area (Å²) < 4.78 is 11.7. The Morgan fingerprint density at radius 3 is 2.65 bits per heavy atom. The van der Waals surface area contributed by atoms with Gasteiger partial charge in [0, 0.05) is 34.5 Å². The summed E-state index contributed by atoms with van der Waals surface area (Å²) in [5.74, 6) is 0.370. The predicted octanol–water partition coefficient (Wildman–Crippen LogP) is 5.75. The molecule has 2 aromatic carbocycles. The Morgan fingerprint density at radius 1 is 1.00 bits per heavy atom. The van der Waals surface area contributed by atoms with E-state index in [1.54, 1.807) is 6.26 Å². The largest absolute Gasteiger partial charge is 0.463 e. The first-order chi connectivity index (χ1) is 18.0. The maximum absolute atomic E-state index is 13.0. The second-order valence-corrected chi connectivity index (χ2v) is 10.7. The molecule has 0 bridgehead atoms. The lowest BCUT2D eigenvalue weighted by atomic mass is 9.83. The van der Waals surface area contributed by atoms with Crippen LogP contribution >= 0.6 is 0 Å². The number of amides is 1. The molecule has 0 spiro atoms. The Kier molecular flexibility index (Phi) is 6.37. The van der Waals surface area contributed by atoms with E-state index in [0.29, 0.717) is 35.2 Å². The molecule has 2 atom stereocenters. The minimum Gasteiger partial charge on any atom is -0.463 e. The van der Waals surface area contributed by atoms with E-state index in [0.717, 1.165) is 39.4 Å². The minimum absolute atomic E-state index is 0.0270. The van der Waals surface area contributed by atoms with Gasteiger partial charge in [-0.05, 0) is 75.7 Å². The number of rotatable bonds is 5. The molecule has 192 valence electrons. The van der Waals surface area contributed by atoms with E-state index in [4.69, 9.17) is 8.83 Å². The van der Waals surface area contributed by atoms with Crippen LogP contribution in [0.1, 0.15) is 48.8 Å². The van der Waals surface area contributed by atoms with Crippen LogP contribution in [0.4, 0.5) is 0 Å². The summed E-state index contributed by atoms with van der Waals surface area (Å²) in [6.07, 6.45) is 7.91. The highest BCUT2D eigenvalue weighted by atomic mass is 16.4. The molecule has 1 amide bonds. The first kappa shape index (κ1) is 24.0. The van der Waals surface area contributed by atoms with E-state index in [2.05, 4.69) is 22.3 Å². The average molecular weight is 499 g/mol. The number of fused-ring (bicyclic) bond motifs is 3. The van der Waals surface area contributed by atoms with Gasteiger partial charge in [-0.25, -0.2) is 4.79 Å². The number of aryl methyl sites for hydroxylation is 2. The number of hydrogen-bond donors (Lipinski definition) is 1. The van der Waals surface area contributed by atoms with E-state index in [1.165, 1.54) is 38.8 Å². The van der Waals surface area contributed by atoms with Crippen molar-refractivity contribution in [2.75, 3.05) is 19.6 Å². The molecule has 6 nitrogen and oxygen atoms in total. The van der Waals surface area contributed by atoms with Crippen molar-refractivity contribution in [2.24, 2.45) is 5.92 Å². The van der Waals surface area contributed by atoms with Gasteiger partial charge in [-0.1, -0.05) is 36.8 Å². The lowest BCUT2D eigenvalue weighted by Crippen LogP contribution is -2.51. The van der Waals surface area contributed by atoms with Gasteiger partial charge in [-0.2, -0.15) is 0 Å². The fourth-order valence-corrected chi connectivity index (χ4v) is 6.53. The number of benzene rings is 2. The van der Waals surface area contributed by atoms with Crippen LogP contribution in [-0.4, -0.2) is 36.5 Å². The number of piperidine rings is 2. The fraction of sp³-hybridized carbons (Fsp3) is 0.419. The molecule has 4 aromatic rings. The number of furan rings is 1. The number of hydrogen-bond acceptors (Lipinski definition) is 5. The third-order valence-electron chi connectivity index (χ3n) is 8.55. The van der Waals surface area contributed by atoms with Crippen molar-refractivity contribution in [3.63, 3.8) is 0 Å². The molecule has 6 heteroatoms. The Balaban J connectivity index is 1.28. The molecule has 2 aliphatic heterocycles. The molecule has 2 saturated heterocycles. The van der Waals surface area contributed by atoms with Gasteiger partial charge in [-0.15, -0.1) is 0 Å². The van der Waals surface area contributed by atoms with Crippen LogP contribution in [0.2, 0.25) is 0 Å². The zero-order valence-electron chi connectivity index (χ0n) is 21.6. The normalized spacial score (nSPS) is 20.3. The van der Waals surface area contributed by atoms with Gasteiger partial charge in [0.1, 0.15) is 11.2 Å². The predicted molar refractivity (Wildman–Crippen MR) is 146 cm³/mol. The number of nitrogens with zero attached hydrogens (tertiary/aromatic N) is 1. The number of nitrogens with one attached hydrogen (secondary N) is 1. The number of carbonyl (C=O) groups is 1. The van der Waals surface area contributed by atoms with Crippen molar-refractivity contribution in [1.82, 2.24) is 10.2 Å². The quantitative estimate of drug-likeness (QED) is 0.355. The molecular formula is C31H34N2O4. The van der Waals surface area contributed by atoms with Gasteiger partial charge >= 0.3 is 5.63 Å². The third-order valence-corrected chi connectivity index (χ3v) is 8.55. The van der Waals surface area contributed by atoms with Crippen molar-refractivity contribution in [2.45, 2.75) is 58.4 Å². The summed E-state index contributed by atoms with van der Waals surface area (Å²) in [4.78, 5) is 28.6. The zero-order chi connectivity index (χ0) is 25.5. The van der Waals surface area contributed by atoms with Gasteiger partial charge in [-0.3, -0.25) is 4.79 Å². The topological polar surface area (TPSA) is 75.7 Å². The van der Waals surface area contributed by atoms with Gasteiger partial charge in [0.2, 0.25) is 5.91 Å². The van der Waals surface area contributed by atoms with E-state index in [9.17, 15) is 9.59 Å². The maximum Gasteiger partial charge on any atom is 0.340 e. The molecule has 1 N–H and O–H groups in total. The standard InChI is InChI=1S/C31H34N2O4/c1-19-23-15-25-26(21-9-4-3-5-10-21)18-36-29(25)20(2)30(23)37-31(35)24(19)16-28(34)32-17-22-11-8-14-33-13-7-6-12-27(22)33/h3-5,9-10,15,18,22,27H,6-8,11-14,16-17H2,1-2H3,(H,32,34)/t22-,27-/m1/s1. The monoisotopic (exact) mass is 498 g/mol. The van der Waals surface area contributed by atoms with E-state index < -0.39 is 5.63 Å². The number of carbonyl (C=O) groups excluding carboxylic acids is 1. The Morgan fingerprint density at radius 2 is 1.81 bits per heavy atom. The Bertz CT molecular complexity index is 1520. The molecule has 37 heavy (non-hydrogen) atoms. The van der Waals surface area contributed by atoms with Crippen molar-refractivity contribution >= 4 is 27.8 Å². The van der Waals surface area contributed by atoms with Gasteiger partial charge in [0.25, 0.3) is 0 Å². The van der Waals surface area contributed by atoms with Crippen LogP contribution < -0.4 is 10.9 Å². The summed E-state index contributed by atoms with van der Waals surface area (Å²) in [7, 11) is 0. The Labute approximate surface area is 216 Å². The van der Waals surface area contributed by atoms with Crippen LogP contribution in [0.3, 0.4) is 0 Å². The summed E-state index contributed by atoms with van der Waals surface area (Å²) >= 11 is 0. The second kappa shape index (κ2) is 9.82. The van der Waals surface area contributed by atoms with Crippen LogP contribution in [0, 0.1) is 19.8 Å². The van der Waals surface area contributed by atoms with Crippen LogP contribution in [0.25, 0.3) is 33.1 Å². The zero-order valence-corrected chi connectivity index (χ0v) is 21.6. The molecule has 2 aromatic heterocycles. The molecule has 0 unspecified atom stereocenters. The molecule has 0 radical (unpaired) electrons. The molecule has 0 aliphatic carbocycles. The van der Waals surface area contributed by atoms with Crippen LogP contribution in [0.15, 0.2) is 56.3 Å². The summed E-state index contributed by atoms with van der Waals surface area (Å²) in [5.41, 5.74) is 4.85. The molecular weight excluding hydrogens is 464 g/mol. The fourth-order valence-electron chi connectivity index (χ4n) is 6.53. The summed E-state index contributed by atoms with van der Waals surface area (Å²) in [6, 6.07) is 12.7. The SMILES string of the molecule is Cc1c(CC(=O)NC[C@H]2CCCN3CCCC[C@H]23)c(=O)oc2c(C)c3occ(-c4ccccc4)c3cc12. The van der Waals surface area contributed by atoms with Crippen molar-refractivity contribution in [3.05, 3.63) is 69.8 Å². The molecule has 0 saturated carbocycles. The average Bonchev–Trinajstić information content (AvgIpc) is 3.35. The maximum atomic E-state index is 13.0. The van der Waals surface area contributed by atoms with E-state index >= 15 is 0 Å². The van der Waals surface area contributed by atoms with E-state index in [1.807, 2.05) is 38.1 Å². The molecule has 2 aliphatic rings. The minimum atomic E-state index is -0.450. The van der Waals surface area contributed by atoms with Crippen LogP contribution in [-0.2, 0) is 11.2 Å². The molecule has 6 rings (SSSR count). The third kappa shape index (κ3) is 4.37. The highest BCUT2D eigenvalue weighted by Crippen LogP contribution is 2.37. The van der Waals surface area contributed by atoms with Gasteiger partial charge in [0.05, 0.1) is 18.2 Å². The second-order valence-electron chi connectivity index (χ2n) is 10.7. The lowest BCUT2D eigenvalue weighted by Gasteiger charge is -2.44. The molecule has 2 fully saturated rings. The van der Waals surface area contributed by atoms with Gasteiger partial charge < -0.3 is 19.1 Å². The summed E-state index contributed by atoms with van der Waals surface area (Å²) in [6.45, 7) is 6.86. The van der Waals surface area contributed by atoms with E-state index in [-0.39, 0.29) is 12.3 Å². The Hall–Kier alpha value is -3.38. The van der Waals surface area contributed by atoms with Crippen molar-refractivity contribution in [1.29, 1.82) is 0 Å². The van der Waals surface area contributed by atoms with Crippen LogP contribution in [0.5, 0.6) is 0 Å². The summed E-state index contributed by atoms with van der Waals surface area (Å²) in [5, 5.41) is 4.96. The first-order valence-electron chi connectivity index (χ1n) is 13.5. The highest BCUT2D eigenvalue weighted by molar-refractivity contribution is 6.05. The highest BCUT2D eigenvalue weighted by Gasteiger charge is 2.33. The van der Waals surface area contributed by atoms with Crippen molar-refractivity contribution in [3.8, 4) is 11.1 Å². The van der Waals surface area contributed by atoms with Gasteiger partial charge in [0.15, 0.2) is 0 Å². The first-order valence-corrected chi connectivity index (χ1v) is 13.5. The lowest BCUT2D eigenvalue weighted by molar-refractivity contribution is -0.120. The molecule has 4 heterocycles. The van der Waals surface area contributed by atoms with Crippen molar-refractivity contribution < 1.29 is 13.6 Å². The smallest absolute Gasteiger partial charge is 0.340 e.